The Morgan fingerprint density at radius 1 is 1.14 bits per heavy atom. The monoisotopic (exact) mass is 383 g/mol. The fourth-order valence-electron chi connectivity index (χ4n) is 4.92. The van der Waals surface area contributed by atoms with Gasteiger partial charge in [0.1, 0.15) is 11.9 Å². The number of carbonyl (C=O) groups excluding carboxylic acids is 1. The van der Waals surface area contributed by atoms with Crippen molar-refractivity contribution < 1.29 is 9.53 Å². The van der Waals surface area contributed by atoms with Crippen LogP contribution in [0.5, 0.6) is 0 Å². The maximum Gasteiger partial charge on any atom is 0.252 e. The van der Waals surface area contributed by atoms with Crippen molar-refractivity contribution in [3.05, 3.63) is 65.0 Å². The van der Waals surface area contributed by atoms with Gasteiger partial charge in [0.05, 0.1) is 23.1 Å². The molecule has 2 bridgehead atoms. The highest BCUT2D eigenvalue weighted by Crippen LogP contribution is 2.45. The standard InChI is InChI=1S/C24H21N3O2/c28-24-17-8-5-6-15(11-12-16-7-3-4-13-29-16)22(17)21-14-19(26-24)23-25-18-9-1-2-10-20(18)27(21)23/h1-2,5-6,8-10,16,19,21H,3-4,7,13-14H2,(H,26,28). The van der Waals surface area contributed by atoms with Gasteiger partial charge in [-0.1, -0.05) is 30.0 Å². The van der Waals surface area contributed by atoms with Crippen molar-refractivity contribution in [3.8, 4) is 11.8 Å². The molecule has 2 aromatic carbocycles. The summed E-state index contributed by atoms with van der Waals surface area (Å²) in [5.41, 5.74) is 4.72. The average Bonchev–Trinajstić information content (AvgIpc) is 3.25. The molecule has 5 heteroatoms. The maximum absolute atomic E-state index is 13.0. The Labute approximate surface area is 169 Å². The van der Waals surface area contributed by atoms with Crippen LogP contribution in [0.3, 0.4) is 0 Å². The Kier molecular flexibility index (Phi) is 3.75. The Hall–Kier alpha value is -3.10. The molecule has 4 heterocycles. The zero-order chi connectivity index (χ0) is 19.4. The van der Waals surface area contributed by atoms with Gasteiger partial charge in [0, 0.05) is 23.3 Å². The molecule has 3 atom stereocenters. The van der Waals surface area contributed by atoms with E-state index in [-0.39, 0.29) is 24.1 Å². The van der Waals surface area contributed by atoms with Crippen molar-refractivity contribution >= 4 is 16.9 Å². The normalized spacial score (nSPS) is 24.8. The molecule has 3 unspecified atom stereocenters. The van der Waals surface area contributed by atoms with Gasteiger partial charge in [-0.25, -0.2) is 4.98 Å². The van der Waals surface area contributed by atoms with Crippen LogP contribution >= 0.6 is 0 Å². The van der Waals surface area contributed by atoms with Crippen molar-refractivity contribution in [1.82, 2.24) is 14.9 Å². The van der Waals surface area contributed by atoms with Gasteiger partial charge in [0.2, 0.25) is 0 Å². The number of para-hydroxylation sites is 2. The van der Waals surface area contributed by atoms with Gasteiger partial charge in [-0.2, -0.15) is 0 Å². The first-order chi connectivity index (χ1) is 14.3. The van der Waals surface area contributed by atoms with E-state index in [1.165, 1.54) is 0 Å². The zero-order valence-corrected chi connectivity index (χ0v) is 16.0. The van der Waals surface area contributed by atoms with Crippen molar-refractivity contribution in [1.29, 1.82) is 0 Å². The molecule has 0 aliphatic carbocycles. The highest BCUT2D eigenvalue weighted by atomic mass is 16.5. The number of hydrogen-bond donors (Lipinski definition) is 1. The molecule has 29 heavy (non-hydrogen) atoms. The van der Waals surface area contributed by atoms with E-state index >= 15 is 0 Å². The van der Waals surface area contributed by atoms with Crippen LogP contribution in [-0.2, 0) is 4.74 Å². The number of imidazole rings is 1. The molecule has 0 radical (unpaired) electrons. The lowest BCUT2D eigenvalue weighted by molar-refractivity contribution is 0.0526. The summed E-state index contributed by atoms with van der Waals surface area (Å²) in [5, 5.41) is 3.18. The lowest BCUT2D eigenvalue weighted by Crippen LogP contribution is -2.28. The molecule has 3 aliphatic heterocycles. The summed E-state index contributed by atoms with van der Waals surface area (Å²) in [4.78, 5) is 17.8. The van der Waals surface area contributed by atoms with Crippen LogP contribution in [0.1, 0.15) is 65.1 Å². The second-order valence-corrected chi connectivity index (χ2v) is 8.00. The molecule has 3 aliphatic rings. The van der Waals surface area contributed by atoms with Crippen molar-refractivity contribution in [3.63, 3.8) is 0 Å². The average molecular weight is 383 g/mol. The van der Waals surface area contributed by atoms with Crippen LogP contribution in [0.25, 0.3) is 11.0 Å². The van der Waals surface area contributed by atoms with Gasteiger partial charge < -0.3 is 14.6 Å². The SMILES string of the molecule is O=C1NC2CC(c3c(C#CC4CCCCO4)cccc31)n1c2nc2ccccc21. The van der Waals surface area contributed by atoms with Gasteiger partial charge in [0.25, 0.3) is 5.91 Å². The third-order valence-corrected chi connectivity index (χ3v) is 6.24. The molecular formula is C24H21N3O2. The summed E-state index contributed by atoms with van der Waals surface area (Å²) in [7, 11) is 0. The van der Waals surface area contributed by atoms with Crippen molar-refractivity contribution in [2.45, 2.75) is 43.9 Å². The van der Waals surface area contributed by atoms with Crippen molar-refractivity contribution in [2.75, 3.05) is 6.61 Å². The molecule has 1 fully saturated rings. The second kappa shape index (κ2) is 6.47. The third kappa shape index (κ3) is 2.60. The number of amides is 1. The Bertz CT molecular complexity index is 1190. The molecule has 144 valence electrons. The van der Waals surface area contributed by atoms with Gasteiger partial charge in [-0.3, -0.25) is 4.79 Å². The highest BCUT2D eigenvalue weighted by Gasteiger charge is 2.41. The smallest absolute Gasteiger partial charge is 0.252 e. The number of fused-ring (bicyclic) bond motifs is 9. The van der Waals surface area contributed by atoms with Gasteiger partial charge >= 0.3 is 0 Å². The molecule has 0 saturated carbocycles. The maximum atomic E-state index is 13.0. The summed E-state index contributed by atoms with van der Waals surface area (Å²) in [6.45, 7) is 0.781. The summed E-state index contributed by atoms with van der Waals surface area (Å²) in [6.07, 6.45) is 4.04. The number of nitrogens with zero attached hydrogens (tertiary/aromatic N) is 2. The molecule has 5 nitrogen and oxygen atoms in total. The topological polar surface area (TPSA) is 56.1 Å². The molecule has 1 saturated heterocycles. The molecule has 0 spiro atoms. The number of hydrogen-bond acceptors (Lipinski definition) is 3. The van der Waals surface area contributed by atoms with Gasteiger partial charge in [-0.05, 0) is 49.9 Å². The first-order valence-corrected chi connectivity index (χ1v) is 10.3. The summed E-state index contributed by atoms with van der Waals surface area (Å²) in [6, 6.07) is 14.0. The van der Waals surface area contributed by atoms with Crippen molar-refractivity contribution in [2.24, 2.45) is 0 Å². The molecule has 3 aromatic rings. The summed E-state index contributed by atoms with van der Waals surface area (Å²) < 4.78 is 8.08. The van der Waals surface area contributed by atoms with Crippen LogP contribution in [-0.4, -0.2) is 28.2 Å². The predicted octanol–water partition coefficient (Wildman–Crippen LogP) is 3.73. The predicted molar refractivity (Wildman–Crippen MR) is 110 cm³/mol. The third-order valence-electron chi connectivity index (χ3n) is 6.24. The number of ether oxygens (including phenoxy) is 1. The Morgan fingerprint density at radius 2 is 2.07 bits per heavy atom. The van der Waals surface area contributed by atoms with E-state index < -0.39 is 0 Å². The highest BCUT2D eigenvalue weighted by molar-refractivity contribution is 5.97. The number of carbonyl (C=O) groups is 1. The molecule has 6 rings (SSSR count). The molecule has 1 N–H and O–H groups in total. The minimum absolute atomic E-state index is 0.0137. The Balaban J connectivity index is 1.52. The first-order valence-electron chi connectivity index (χ1n) is 10.3. The van der Waals surface area contributed by atoms with Crippen LogP contribution in [0.15, 0.2) is 42.5 Å². The molecule has 1 aromatic heterocycles. The van der Waals surface area contributed by atoms with E-state index in [1.54, 1.807) is 0 Å². The largest absolute Gasteiger partial charge is 0.366 e. The van der Waals surface area contributed by atoms with Crippen LogP contribution < -0.4 is 5.32 Å². The minimum atomic E-state index is -0.0743. The number of nitrogens with one attached hydrogen (secondary N) is 1. The first kappa shape index (κ1) is 16.8. The van der Waals surface area contributed by atoms with E-state index in [9.17, 15) is 4.79 Å². The minimum Gasteiger partial charge on any atom is -0.366 e. The van der Waals surface area contributed by atoms with Crippen LogP contribution in [0.4, 0.5) is 0 Å². The van der Waals surface area contributed by atoms with E-state index in [0.717, 1.165) is 65.8 Å². The van der Waals surface area contributed by atoms with E-state index in [1.807, 2.05) is 36.4 Å². The lowest BCUT2D eigenvalue weighted by Gasteiger charge is -2.20. The summed E-state index contributed by atoms with van der Waals surface area (Å²) in [5.74, 6) is 7.56. The molecule has 1 amide bonds. The number of aromatic nitrogens is 2. The zero-order valence-electron chi connectivity index (χ0n) is 16.0. The van der Waals surface area contributed by atoms with E-state index in [0.29, 0.717) is 0 Å². The second-order valence-electron chi connectivity index (χ2n) is 8.00. The lowest BCUT2D eigenvalue weighted by atomic mass is 9.93. The fraction of sp³-hybridized carbons (Fsp3) is 0.333. The van der Waals surface area contributed by atoms with Gasteiger partial charge in [0.15, 0.2) is 0 Å². The molecular weight excluding hydrogens is 362 g/mol. The van der Waals surface area contributed by atoms with E-state index in [4.69, 9.17) is 9.72 Å². The van der Waals surface area contributed by atoms with Crippen LogP contribution in [0.2, 0.25) is 0 Å². The number of rotatable bonds is 0. The quantitative estimate of drug-likeness (QED) is 0.602. The van der Waals surface area contributed by atoms with Crippen LogP contribution in [0, 0.1) is 11.8 Å². The Morgan fingerprint density at radius 3 is 2.97 bits per heavy atom. The van der Waals surface area contributed by atoms with E-state index in [2.05, 4.69) is 27.8 Å². The fourth-order valence-corrected chi connectivity index (χ4v) is 4.92. The van der Waals surface area contributed by atoms with Gasteiger partial charge in [-0.15, -0.1) is 0 Å². The summed E-state index contributed by atoms with van der Waals surface area (Å²) >= 11 is 0. The number of benzene rings is 2.